The molecule has 3 nitrogen and oxygen atoms in total. The molecule has 0 amide bonds. The van der Waals surface area contributed by atoms with Crippen molar-refractivity contribution in [2.75, 3.05) is 0 Å². The molecule has 1 N–H and O–H groups in total. The van der Waals surface area contributed by atoms with Crippen LogP contribution in [0.5, 0.6) is 0 Å². The van der Waals surface area contributed by atoms with Gasteiger partial charge in [0.15, 0.2) is 0 Å². The van der Waals surface area contributed by atoms with E-state index >= 15 is 0 Å². The number of carbonyl (C=O) groups excluding carboxylic acids is 1. The molecule has 0 aromatic carbocycles. The summed E-state index contributed by atoms with van der Waals surface area (Å²) in [6, 6.07) is 0. The van der Waals surface area contributed by atoms with Crippen LogP contribution in [-0.2, 0) is 4.79 Å². The van der Waals surface area contributed by atoms with Crippen LogP contribution < -0.4 is 5.11 Å². The van der Waals surface area contributed by atoms with Crippen molar-refractivity contribution in [1.29, 1.82) is 0 Å². The van der Waals surface area contributed by atoms with E-state index in [1.54, 1.807) is 0 Å². The average Bonchev–Trinajstić information content (AvgIpc) is 2.26. The Morgan fingerprint density at radius 1 is 1.00 bits per heavy atom. The summed E-state index contributed by atoms with van der Waals surface area (Å²) in [5, 5.41) is 19.5. The smallest absolute Gasteiger partial charge is 0.0592 e. The van der Waals surface area contributed by atoms with Gasteiger partial charge >= 0.3 is 0 Å². The molecular formula is C14H27O3-. The van der Waals surface area contributed by atoms with E-state index in [2.05, 4.69) is 6.92 Å². The predicted molar refractivity (Wildman–Crippen MR) is 67.5 cm³/mol. The molecule has 102 valence electrons. The van der Waals surface area contributed by atoms with E-state index < -0.39 is 12.1 Å². The van der Waals surface area contributed by atoms with E-state index in [0.717, 1.165) is 12.8 Å². The van der Waals surface area contributed by atoms with Crippen molar-refractivity contribution >= 4 is 5.97 Å². The molecule has 0 radical (unpaired) electrons. The van der Waals surface area contributed by atoms with Gasteiger partial charge in [-0.05, 0) is 6.42 Å². The molecule has 1 unspecified atom stereocenters. The third-order valence-corrected chi connectivity index (χ3v) is 3.04. The molecule has 0 aromatic heterocycles. The Morgan fingerprint density at radius 3 is 1.94 bits per heavy atom. The number of carboxylic acids is 1. The number of aliphatic hydroxyl groups is 1. The number of rotatable bonds is 12. The Balaban J connectivity index is 3.10. The van der Waals surface area contributed by atoms with Crippen LogP contribution >= 0.6 is 0 Å². The first-order chi connectivity index (χ1) is 8.16. The topological polar surface area (TPSA) is 60.4 Å². The first-order valence-electron chi connectivity index (χ1n) is 7.04. The highest BCUT2D eigenvalue weighted by Gasteiger charge is 2.03. The number of unbranched alkanes of at least 4 members (excludes halogenated alkanes) is 8. The molecule has 0 saturated heterocycles. The van der Waals surface area contributed by atoms with Gasteiger partial charge in [0, 0.05) is 12.4 Å². The summed E-state index contributed by atoms with van der Waals surface area (Å²) >= 11 is 0. The van der Waals surface area contributed by atoms with Crippen molar-refractivity contribution in [3.05, 3.63) is 0 Å². The Bertz CT molecular complexity index is 180. The van der Waals surface area contributed by atoms with Crippen molar-refractivity contribution in [2.24, 2.45) is 0 Å². The quantitative estimate of drug-likeness (QED) is 0.535. The molecule has 0 heterocycles. The fraction of sp³-hybridized carbons (Fsp3) is 0.929. The number of carbonyl (C=O) groups is 1. The van der Waals surface area contributed by atoms with Gasteiger partial charge in [-0.2, -0.15) is 0 Å². The molecule has 0 aromatic rings. The van der Waals surface area contributed by atoms with Crippen LogP contribution in [0.3, 0.4) is 0 Å². The van der Waals surface area contributed by atoms with Gasteiger partial charge in [0.25, 0.3) is 0 Å². The summed E-state index contributed by atoms with van der Waals surface area (Å²) in [7, 11) is 0. The highest BCUT2D eigenvalue weighted by atomic mass is 16.4. The van der Waals surface area contributed by atoms with Gasteiger partial charge in [-0.15, -0.1) is 0 Å². The first kappa shape index (κ1) is 16.4. The third kappa shape index (κ3) is 13.4. The minimum Gasteiger partial charge on any atom is -0.550 e. The van der Waals surface area contributed by atoms with Gasteiger partial charge in [0.1, 0.15) is 0 Å². The minimum atomic E-state index is -1.16. The standard InChI is InChI=1S/C14H28O3/c1-2-3-4-5-6-7-8-9-10-11-13(15)12-14(16)17/h13,15H,2-12H2,1H3,(H,16,17)/p-1. The molecule has 17 heavy (non-hydrogen) atoms. The van der Waals surface area contributed by atoms with E-state index in [1.807, 2.05) is 0 Å². The molecule has 0 aliphatic heterocycles. The highest BCUT2D eigenvalue weighted by molar-refractivity contribution is 5.64. The number of hydrogen-bond acceptors (Lipinski definition) is 3. The van der Waals surface area contributed by atoms with E-state index in [9.17, 15) is 15.0 Å². The lowest BCUT2D eigenvalue weighted by Gasteiger charge is -2.10. The lowest BCUT2D eigenvalue weighted by Crippen LogP contribution is -2.27. The van der Waals surface area contributed by atoms with Gasteiger partial charge in [0.05, 0.1) is 6.10 Å². The zero-order valence-corrected chi connectivity index (χ0v) is 11.1. The maximum absolute atomic E-state index is 10.2. The van der Waals surface area contributed by atoms with Crippen molar-refractivity contribution in [2.45, 2.75) is 83.7 Å². The van der Waals surface area contributed by atoms with Crippen LogP contribution in [0.2, 0.25) is 0 Å². The van der Waals surface area contributed by atoms with Gasteiger partial charge in [-0.3, -0.25) is 0 Å². The van der Waals surface area contributed by atoms with Crippen molar-refractivity contribution in [1.82, 2.24) is 0 Å². The second kappa shape index (κ2) is 11.9. The third-order valence-electron chi connectivity index (χ3n) is 3.04. The van der Waals surface area contributed by atoms with Gasteiger partial charge in [0.2, 0.25) is 0 Å². The molecule has 0 fully saturated rings. The summed E-state index contributed by atoms with van der Waals surface area (Å²) in [5.41, 5.74) is 0. The number of aliphatic carboxylic acids is 1. The van der Waals surface area contributed by atoms with Gasteiger partial charge in [-0.25, -0.2) is 0 Å². The fourth-order valence-corrected chi connectivity index (χ4v) is 1.99. The molecular weight excluding hydrogens is 216 g/mol. The Morgan fingerprint density at radius 2 is 1.47 bits per heavy atom. The molecule has 0 spiro atoms. The monoisotopic (exact) mass is 243 g/mol. The van der Waals surface area contributed by atoms with Crippen molar-refractivity contribution < 1.29 is 15.0 Å². The van der Waals surface area contributed by atoms with Crippen molar-refractivity contribution in [3.8, 4) is 0 Å². The lowest BCUT2D eigenvalue weighted by atomic mass is 10.0. The number of hydrogen-bond donors (Lipinski definition) is 1. The second-order valence-corrected chi connectivity index (χ2v) is 4.85. The first-order valence-corrected chi connectivity index (χ1v) is 7.04. The second-order valence-electron chi connectivity index (χ2n) is 4.85. The summed E-state index contributed by atoms with van der Waals surface area (Å²) in [5.74, 6) is -1.16. The van der Waals surface area contributed by atoms with E-state index in [0.29, 0.717) is 6.42 Å². The molecule has 3 heteroatoms. The van der Waals surface area contributed by atoms with E-state index in [1.165, 1.54) is 44.9 Å². The summed E-state index contributed by atoms with van der Waals surface area (Å²) < 4.78 is 0. The molecule has 0 saturated carbocycles. The predicted octanol–water partition coefficient (Wildman–Crippen LogP) is 2.41. The van der Waals surface area contributed by atoms with Crippen LogP contribution in [-0.4, -0.2) is 17.2 Å². The fourth-order valence-electron chi connectivity index (χ4n) is 1.99. The molecule has 0 aliphatic rings. The largest absolute Gasteiger partial charge is 0.550 e. The normalized spacial score (nSPS) is 12.6. The van der Waals surface area contributed by atoms with Crippen molar-refractivity contribution in [3.63, 3.8) is 0 Å². The van der Waals surface area contributed by atoms with Crippen LogP contribution in [0.15, 0.2) is 0 Å². The Hall–Kier alpha value is -0.570. The van der Waals surface area contributed by atoms with Crippen LogP contribution in [0.25, 0.3) is 0 Å². The molecule has 0 rings (SSSR count). The number of aliphatic hydroxyl groups excluding tert-OH is 1. The molecule has 0 bridgehead atoms. The Kier molecular flexibility index (Phi) is 11.5. The molecule has 0 aliphatic carbocycles. The molecule has 1 atom stereocenters. The van der Waals surface area contributed by atoms with E-state index in [-0.39, 0.29) is 6.42 Å². The zero-order chi connectivity index (χ0) is 12.9. The summed E-state index contributed by atoms with van der Waals surface area (Å²) in [6.07, 6.45) is 10.7. The van der Waals surface area contributed by atoms with Gasteiger partial charge < -0.3 is 15.0 Å². The average molecular weight is 243 g/mol. The zero-order valence-electron chi connectivity index (χ0n) is 11.1. The van der Waals surface area contributed by atoms with Crippen LogP contribution in [0.1, 0.15) is 77.6 Å². The van der Waals surface area contributed by atoms with Crippen LogP contribution in [0, 0.1) is 0 Å². The Labute approximate surface area is 105 Å². The maximum Gasteiger partial charge on any atom is 0.0592 e. The SMILES string of the molecule is CCCCCCCCCCCC(O)CC(=O)[O-]. The highest BCUT2D eigenvalue weighted by Crippen LogP contribution is 2.11. The summed E-state index contributed by atoms with van der Waals surface area (Å²) in [6.45, 7) is 2.22. The lowest BCUT2D eigenvalue weighted by molar-refractivity contribution is -0.307. The minimum absolute atomic E-state index is 0.225. The summed E-state index contributed by atoms with van der Waals surface area (Å²) in [4.78, 5) is 10.2. The maximum atomic E-state index is 10.2. The van der Waals surface area contributed by atoms with Gasteiger partial charge in [-0.1, -0.05) is 64.7 Å². The van der Waals surface area contributed by atoms with Crippen LogP contribution in [0.4, 0.5) is 0 Å². The number of carboxylic acid groups (broad SMARTS) is 1. The van der Waals surface area contributed by atoms with E-state index in [4.69, 9.17) is 0 Å².